The van der Waals surface area contributed by atoms with Gasteiger partial charge in [0.2, 0.25) is 0 Å². The first kappa shape index (κ1) is 26.0. The number of benzene rings is 3. The van der Waals surface area contributed by atoms with Crippen molar-refractivity contribution in [2.45, 2.75) is 33.8 Å². The Hall–Kier alpha value is -4.08. The predicted octanol–water partition coefficient (Wildman–Crippen LogP) is 7.54. The van der Waals surface area contributed by atoms with Crippen molar-refractivity contribution >= 4 is 33.6 Å². The molecule has 6 heteroatoms. The topological polar surface area (TPSA) is 67.0 Å². The summed E-state index contributed by atoms with van der Waals surface area (Å²) in [6.07, 6.45) is 2.57. The molecule has 37 heavy (non-hydrogen) atoms. The van der Waals surface area contributed by atoms with E-state index in [1.54, 1.807) is 6.08 Å². The number of nitrogens with zero attached hydrogens (tertiary/aromatic N) is 2. The Morgan fingerprint density at radius 2 is 1.65 bits per heavy atom. The number of hydrogen-bond acceptors (Lipinski definition) is 3. The maximum Gasteiger partial charge on any atom is 0.266 e. The molecule has 0 radical (unpaired) electrons. The highest BCUT2D eigenvalue weighted by Gasteiger charge is 2.14. The van der Waals surface area contributed by atoms with Gasteiger partial charge in [-0.15, -0.1) is 0 Å². The van der Waals surface area contributed by atoms with E-state index in [9.17, 15) is 10.1 Å². The molecule has 0 saturated carbocycles. The van der Waals surface area contributed by atoms with Crippen molar-refractivity contribution in [3.63, 3.8) is 0 Å². The molecule has 1 aromatic heterocycles. The van der Waals surface area contributed by atoms with Gasteiger partial charge < -0.3 is 14.6 Å². The average molecular weight is 554 g/mol. The van der Waals surface area contributed by atoms with E-state index < -0.39 is 5.91 Å². The van der Waals surface area contributed by atoms with Crippen LogP contribution in [0.25, 0.3) is 11.8 Å². The number of nitriles is 1. The first-order valence-corrected chi connectivity index (χ1v) is 12.9. The third-order valence-corrected chi connectivity index (χ3v) is 6.70. The van der Waals surface area contributed by atoms with E-state index in [-0.39, 0.29) is 5.57 Å². The van der Waals surface area contributed by atoms with E-state index in [4.69, 9.17) is 4.74 Å². The van der Waals surface area contributed by atoms with Crippen LogP contribution in [0, 0.1) is 25.2 Å². The highest BCUT2D eigenvalue weighted by Crippen LogP contribution is 2.25. The van der Waals surface area contributed by atoms with Gasteiger partial charge in [0, 0.05) is 27.2 Å². The first-order chi connectivity index (χ1) is 17.9. The standard InChI is InChI=1S/C31H28BrN3O2/c1-4-23-7-11-28(12-8-23)34-31(36)26(19-33)18-25-17-21(2)35(22(25)3)29-13-15-30(16-14-29)37-20-24-5-9-27(32)10-6-24/h5-18H,4,20H2,1-3H3,(H,34,36)/b26-18-. The lowest BCUT2D eigenvalue weighted by Gasteiger charge is -2.12. The Morgan fingerprint density at radius 3 is 2.27 bits per heavy atom. The van der Waals surface area contributed by atoms with Crippen LogP contribution in [0.2, 0.25) is 0 Å². The number of carbonyl (C=O) groups is 1. The Kier molecular flexibility index (Phi) is 8.27. The summed E-state index contributed by atoms with van der Waals surface area (Å²) in [7, 11) is 0. The number of carbonyl (C=O) groups excluding carboxylic acids is 1. The average Bonchev–Trinajstić information content (AvgIpc) is 3.19. The number of nitrogens with one attached hydrogen (secondary N) is 1. The zero-order valence-electron chi connectivity index (χ0n) is 21.1. The van der Waals surface area contributed by atoms with E-state index in [0.29, 0.717) is 12.3 Å². The number of ether oxygens (including phenoxy) is 1. The van der Waals surface area contributed by atoms with Crippen LogP contribution in [0.15, 0.2) is 88.9 Å². The van der Waals surface area contributed by atoms with E-state index in [0.717, 1.165) is 44.8 Å². The van der Waals surface area contributed by atoms with E-state index in [1.807, 2.05) is 98.8 Å². The number of halogens is 1. The number of anilines is 1. The quantitative estimate of drug-likeness (QED) is 0.181. The second-order valence-corrected chi connectivity index (χ2v) is 9.66. The molecule has 0 saturated heterocycles. The third kappa shape index (κ3) is 6.38. The second kappa shape index (κ2) is 11.8. The zero-order valence-corrected chi connectivity index (χ0v) is 22.7. The number of amides is 1. The Labute approximate surface area is 226 Å². The van der Waals surface area contributed by atoms with Crippen LogP contribution in [0.4, 0.5) is 5.69 Å². The molecule has 0 unspecified atom stereocenters. The van der Waals surface area contributed by atoms with Crippen molar-refractivity contribution in [1.82, 2.24) is 4.57 Å². The molecule has 0 spiro atoms. The molecular weight excluding hydrogens is 526 g/mol. The van der Waals surface area contributed by atoms with Gasteiger partial charge in [-0.2, -0.15) is 5.26 Å². The van der Waals surface area contributed by atoms with Crippen LogP contribution >= 0.6 is 15.9 Å². The highest BCUT2D eigenvalue weighted by molar-refractivity contribution is 9.10. The normalized spacial score (nSPS) is 11.2. The molecule has 0 aliphatic carbocycles. The summed E-state index contributed by atoms with van der Waals surface area (Å²) < 4.78 is 9.07. The van der Waals surface area contributed by atoms with E-state index >= 15 is 0 Å². The molecule has 0 aliphatic heterocycles. The van der Waals surface area contributed by atoms with Crippen LogP contribution in [-0.2, 0) is 17.8 Å². The van der Waals surface area contributed by atoms with Gasteiger partial charge in [0.25, 0.3) is 5.91 Å². The van der Waals surface area contributed by atoms with Gasteiger partial charge in [-0.1, -0.05) is 47.1 Å². The predicted molar refractivity (Wildman–Crippen MR) is 152 cm³/mol. The van der Waals surface area contributed by atoms with Gasteiger partial charge >= 0.3 is 0 Å². The van der Waals surface area contributed by atoms with E-state index in [2.05, 4.69) is 32.7 Å². The second-order valence-electron chi connectivity index (χ2n) is 8.75. The van der Waals surface area contributed by atoms with Gasteiger partial charge in [-0.25, -0.2) is 0 Å². The van der Waals surface area contributed by atoms with Crippen molar-refractivity contribution in [3.05, 3.63) is 117 Å². The summed E-state index contributed by atoms with van der Waals surface area (Å²) in [4.78, 5) is 12.8. The van der Waals surface area contributed by atoms with Crippen molar-refractivity contribution in [2.75, 3.05) is 5.32 Å². The minimum Gasteiger partial charge on any atom is -0.489 e. The number of aryl methyl sites for hydroxylation is 2. The first-order valence-electron chi connectivity index (χ1n) is 12.1. The SMILES string of the molecule is CCc1ccc(NC(=O)/C(C#N)=C\c2cc(C)n(-c3ccc(OCc4ccc(Br)cc4)cc3)c2C)cc1. The van der Waals surface area contributed by atoms with Crippen molar-refractivity contribution in [3.8, 4) is 17.5 Å². The number of aromatic nitrogens is 1. The van der Waals surface area contributed by atoms with Crippen LogP contribution in [0.3, 0.4) is 0 Å². The maximum absolute atomic E-state index is 12.8. The van der Waals surface area contributed by atoms with Crippen molar-refractivity contribution in [2.24, 2.45) is 0 Å². The Balaban J connectivity index is 1.49. The van der Waals surface area contributed by atoms with Gasteiger partial charge in [0.15, 0.2) is 0 Å². The fraction of sp³-hybridized carbons (Fsp3) is 0.161. The minimum absolute atomic E-state index is 0.0523. The molecule has 1 N–H and O–H groups in total. The molecule has 3 aromatic carbocycles. The molecule has 0 atom stereocenters. The molecule has 1 heterocycles. The lowest BCUT2D eigenvalue weighted by molar-refractivity contribution is -0.112. The van der Waals surface area contributed by atoms with Crippen LogP contribution < -0.4 is 10.1 Å². The largest absolute Gasteiger partial charge is 0.489 e. The van der Waals surface area contributed by atoms with Gasteiger partial charge in [-0.3, -0.25) is 4.79 Å². The van der Waals surface area contributed by atoms with Crippen LogP contribution in [0.1, 0.15) is 35.0 Å². The molecule has 4 rings (SSSR count). The monoisotopic (exact) mass is 553 g/mol. The molecule has 0 aliphatic rings. The number of hydrogen-bond donors (Lipinski definition) is 1. The van der Waals surface area contributed by atoms with Crippen LogP contribution in [-0.4, -0.2) is 10.5 Å². The summed E-state index contributed by atoms with van der Waals surface area (Å²) >= 11 is 3.44. The lowest BCUT2D eigenvalue weighted by atomic mass is 10.1. The molecule has 0 bridgehead atoms. The smallest absolute Gasteiger partial charge is 0.266 e. The molecule has 5 nitrogen and oxygen atoms in total. The maximum atomic E-state index is 12.8. The zero-order chi connectivity index (χ0) is 26.4. The number of rotatable bonds is 8. The lowest BCUT2D eigenvalue weighted by Crippen LogP contribution is -2.13. The summed E-state index contributed by atoms with van der Waals surface area (Å²) in [5.41, 5.74) is 6.73. The summed E-state index contributed by atoms with van der Waals surface area (Å²) in [6.45, 7) is 6.55. The van der Waals surface area contributed by atoms with Gasteiger partial charge in [-0.05, 0) is 97.6 Å². The van der Waals surface area contributed by atoms with Gasteiger partial charge in [0.1, 0.15) is 24.0 Å². The van der Waals surface area contributed by atoms with Gasteiger partial charge in [0.05, 0.1) is 0 Å². The summed E-state index contributed by atoms with van der Waals surface area (Å²) in [5, 5.41) is 12.5. The molecular formula is C31H28BrN3O2. The minimum atomic E-state index is -0.427. The fourth-order valence-corrected chi connectivity index (χ4v) is 4.36. The van der Waals surface area contributed by atoms with Crippen LogP contribution in [0.5, 0.6) is 5.75 Å². The third-order valence-electron chi connectivity index (χ3n) is 6.17. The Bertz CT molecular complexity index is 1460. The summed E-state index contributed by atoms with van der Waals surface area (Å²) in [5.74, 6) is 0.355. The highest BCUT2D eigenvalue weighted by atomic mass is 79.9. The summed E-state index contributed by atoms with van der Waals surface area (Å²) in [6, 6.07) is 27.6. The molecule has 4 aromatic rings. The Morgan fingerprint density at radius 1 is 1.00 bits per heavy atom. The van der Waals surface area contributed by atoms with Crippen molar-refractivity contribution in [1.29, 1.82) is 5.26 Å². The molecule has 186 valence electrons. The molecule has 1 amide bonds. The fourth-order valence-electron chi connectivity index (χ4n) is 4.10. The molecule has 0 fully saturated rings. The van der Waals surface area contributed by atoms with E-state index in [1.165, 1.54) is 5.56 Å². The van der Waals surface area contributed by atoms with Crippen molar-refractivity contribution < 1.29 is 9.53 Å².